The zero-order chi connectivity index (χ0) is 11.0. The highest BCUT2D eigenvalue weighted by molar-refractivity contribution is 6.05. The molecule has 0 saturated carbocycles. The van der Waals surface area contributed by atoms with E-state index >= 15 is 0 Å². The molecule has 0 spiro atoms. The quantitative estimate of drug-likeness (QED) is 0.699. The lowest BCUT2D eigenvalue weighted by Gasteiger charge is -2.09. The lowest BCUT2D eigenvalue weighted by atomic mass is 10.0. The molecule has 1 aromatic rings. The Balaban J connectivity index is 2.55. The Morgan fingerprint density at radius 3 is 2.93 bits per heavy atom. The third-order valence-corrected chi connectivity index (χ3v) is 2.18. The van der Waals surface area contributed by atoms with Crippen molar-refractivity contribution < 1.29 is 19.4 Å². The van der Waals surface area contributed by atoms with Gasteiger partial charge in [0.25, 0.3) is 0 Å². The van der Waals surface area contributed by atoms with E-state index in [0.717, 1.165) is 0 Å². The molecular weight excluding hydrogens is 198 g/mol. The van der Waals surface area contributed by atoms with Gasteiger partial charge in [0.05, 0.1) is 6.04 Å². The van der Waals surface area contributed by atoms with Gasteiger partial charge in [0.2, 0.25) is 6.79 Å². The highest BCUT2D eigenvalue weighted by atomic mass is 16.7. The second-order valence-corrected chi connectivity index (χ2v) is 3.35. The first kappa shape index (κ1) is 9.79. The Morgan fingerprint density at radius 2 is 2.27 bits per heavy atom. The first-order valence-electron chi connectivity index (χ1n) is 4.52. The average Bonchev–Trinajstić information content (AvgIpc) is 2.64. The van der Waals surface area contributed by atoms with Gasteiger partial charge in [0.1, 0.15) is 11.3 Å². The largest absolute Gasteiger partial charge is 0.507 e. The fourth-order valence-corrected chi connectivity index (χ4v) is 1.43. The molecule has 0 saturated heterocycles. The maximum atomic E-state index is 11.7. The first-order valence-corrected chi connectivity index (χ1v) is 4.52. The molecule has 1 aliphatic rings. The summed E-state index contributed by atoms with van der Waals surface area (Å²) in [5.41, 5.74) is 5.57. The van der Waals surface area contributed by atoms with Crippen molar-refractivity contribution >= 4 is 5.78 Å². The number of hydrogen-bond acceptors (Lipinski definition) is 5. The lowest BCUT2D eigenvalue weighted by molar-refractivity contribution is 0.0960. The smallest absolute Gasteiger partial charge is 0.231 e. The fourth-order valence-electron chi connectivity index (χ4n) is 1.43. The summed E-state index contributed by atoms with van der Waals surface area (Å²) in [5.74, 6) is 0.227. The molecule has 1 atom stereocenters. The topological polar surface area (TPSA) is 81.8 Å². The van der Waals surface area contributed by atoms with Gasteiger partial charge in [0.15, 0.2) is 17.3 Å². The van der Waals surface area contributed by atoms with Crippen LogP contribution in [0.1, 0.15) is 17.3 Å². The number of hydrogen-bond donors (Lipinski definition) is 2. The number of phenols is 1. The van der Waals surface area contributed by atoms with Gasteiger partial charge in [-0.15, -0.1) is 0 Å². The molecule has 0 aliphatic carbocycles. The van der Waals surface area contributed by atoms with E-state index in [2.05, 4.69) is 0 Å². The summed E-state index contributed by atoms with van der Waals surface area (Å²) in [5, 5.41) is 9.58. The summed E-state index contributed by atoms with van der Waals surface area (Å²) in [4.78, 5) is 11.7. The molecule has 2 rings (SSSR count). The van der Waals surface area contributed by atoms with E-state index in [1.165, 1.54) is 6.07 Å². The highest BCUT2D eigenvalue weighted by Gasteiger charge is 2.27. The molecule has 1 unspecified atom stereocenters. The molecule has 0 aromatic heterocycles. The number of Topliss-reactive ketones (excluding diaryl/α,β-unsaturated/α-hetero) is 1. The van der Waals surface area contributed by atoms with Crippen molar-refractivity contribution in [2.75, 3.05) is 6.79 Å². The van der Waals surface area contributed by atoms with Crippen molar-refractivity contribution in [3.05, 3.63) is 17.7 Å². The van der Waals surface area contributed by atoms with Crippen LogP contribution in [0, 0.1) is 0 Å². The van der Waals surface area contributed by atoms with Gasteiger partial charge < -0.3 is 20.3 Å². The van der Waals surface area contributed by atoms with Crippen molar-refractivity contribution in [1.82, 2.24) is 0 Å². The van der Waals surface area contributed by atoms with Crippen LogP contribution in [0.3, 0.4) is 0 Å². The van der Waals surface area contributed by atoms with Crippen LogP contribution in [0.5, 0.6) is 17.2 Å². The molecule has 15 heavy (non-hydrogen) atoms. The Hall–Kier alpha value is -1.75. The molecule has 0 radical (unpaired) electrons. The maximum Gasteiger partial charge on any atom is 0.231 e. The summed E-state index contributed by atoms with van der Waals surface area (Å²) in [7, 11) is 0. The van der Waals surface area contributed by atoms with Gasteiger partial charge in [-0.3, -0.25) is 4.79 Å². The van der Waals surface area contributed by atoms with Crippen LogP contribution in [-0.4, -0.2) is 23.7 Å². The summed E-state index contributed by atoms with van der Waals surface area (Å²) in [6.07, 6.45) is 0. The minimum atomic E-state index is -0.688. The van der Waals surface area contributed by atoms with E-state index in [0.29, 0.717) is 5.75 Å². The average molecular weight is 209 g/mol. The van der Waals surface area contributed by atoms with Crippen molar-refractivity contribution in [1.29, 1.82) is 0 Å². The van der Waals surface area contributed by atoms with Crippen LogP contribution in [0.4, 0.5) is 0 Å². The SMILES string of the molecule is CC(N)C(=O)c1c(O)ccc2c1OCO2. The van der Waals surface area contributed by atoms with Crippen LogP contribution in [0.25, 0.3) is 0 Å². The van der Waals surface area contributed by atoms with E-state index in [9.17, 15) is 9.90 Å². The number of phenolic OH excluding ortho intramolecular Hbond substituents is 1. The van der Waals surface area contributed by atoms with Crippen molar-refractivity contribution in [2.24, 2.45) is 5.73 Å². The Morgan fingerprint density at radius 1 is 1.53 bits per heavy atom. The van der Waals surface area contributed by atoms with Gasteiger partial charge in [-0.1, -0.05) is 0 Å². The van der Waals surface area contributed by atoms with Crippen LogP contribution >= 0.6 is 0 Å². The Labute approximate surface area is 86.4 Å². The van der Waals surface area contributed by atoms with Crippen LogP contribution < -0.4 is 15.2 Å². The van der Waals surface area contributed by atoms with E-state index in [1.54, 1.807) is 13.0 Å². The number of rotatable bonds is 2. The number of aromatic hydroxyl groups is 1. The molecule has 80 valence electrons. The minimum Gasteiger partial charge on any atom is -0.507 e. The van der Waals surface area contributed by atoms with E-state index in [4.69, 9.17) is 15.2 Å². The molecule has 0 amide bonds. The highest BCUT2D eigenvalue weighted by Crippen LogP contribution is 2.40. The minimum absolute atomic E-state index is 0.0536. The molecule has 0 fully saturated rings. The second kappa shape index (κ2) is 3.43. The van der Waals surface area contributed by atoms with Crippen molar-refractivity contribution in [2.45, 2.75) is 13.0 Å². The summed E-state index contributed by atoms with van der Waals surface area (Å²) >= 11 is 0. The molecule has 3 N–H and O–H groups in total. The first-order chi connectivity index (χ1) is 7.11. The molecular formula is C10H11NO4. The zero-order valence-corrected chi connectivity index (χ0v) is 8.19. The number of nitrogens with two attached hydrogens (primary N) is 1. The van der Waals surface area contributed by atoms with Crippen LogP contribution in [0.15, 0.2) is 12.1 Å². The molecule has 1 aliphatic heterocycles. The molecule has 1 aromatic carbocycles. The molecule has 5 heteroatoms. The third-order valence-electron chi connectivity index (χ3n) is 2.18. The molecule has 1 heterocycles. The monoisotopic (exact) mass is 209 g/mol. The number of carbonyl (C=O) groups is 1. The Bertz CT molecular complexity index is 414. The zero-order valence-electron chi connectivity index (χ0n) is 8.19. The standard InChI is InChI=1S/C10H11NO4/c1-5(11)9(13)8-6(12)2-3-7-10(8)15-4-14-7/h2-3,5,12H,4,11H2,1H3. The number of benzene rings is 1. The van der Waals surface area contributed by atoms with Gasteiger partial charge in [-0.25, -0.2) is 0 Å². The summed E-state index contributed by atoms with van der Waals surface area (Å²) in [6.45, 7) is 1.61. The van der Waals surface area contributed by atoms with E-state index in [1.807, 2.05) is 0 Å². The van der Waals surface area contributed by atoms with Gasteiger partial charge in [-0.05, 0) is 19.1 Å². The van der Waals surface area contributed by atoms with Gasteiger partial charge in [0, 0.05) is 0 Å². The number of ether oxygens (including phenoxy) is 2. The van der Waals surface area contributed by atoms with Gasteiger partial charge in [-0.2, -0.15) is 0 Å². The van der Waals surface area contributed by atoms with Crippen molar-refractivity contribution in [3.8, 4) is 17.2 Å². The van der Waals surface area contributed by atoms with Crippen LogP contribution in [-0.2, 0) is 0 Å². The van der Waals surface area contributed by atoms with Crippen molar-refractivity contribution in [3.63, 3.8) is 0 Å². The summed E-state index contributed by atoms with van der Waals surface area (Å²) < 4.78 is 10.2. The molecule has 5 nitrogen and oxygen atoms in total. The Kier molecular flexibility index (Phi) is 2.24. The predicted molar refractivity (Wildman–Crippen MR) is 52.2 cm³/mol. The van der Waals surface area contributed by atoms with Crippen LogP contribution in [0.2, 0.25) is 0 Å². The van der Waals surface area contributed by atoms with E-state index in [-0.39, 0.29) is 29.6 Å². The number of ketones is 1. The molecule has 0 bridgehead atoms. The fraction of sp³-hybridized carbons (Fsp3) is 0.300. The van der Waals surface area contributed by atoms with E-state index < -0.39 is 6.04 Å². The second-order valence-electron chi connectivity index (χ2n) is 3.35. The third kappa shape index (κ3) is 1.50. The maximum absolute atomic E-state index is 11.7. The summed E-state index contributed by atoms with van der Waals surface area (Å²) in [6, 6.07) is 2.25. The normalized spacial score (nSPS) is 15.1. The predicted octanol–water partition coefficient (Wildman–Crippen LogP) is 0.651. The number of carbonyl (C=O) groups excluding carboxylic acids is 1. The van der Waals surface area contributed by atoms with Gasteiger partial charge >= 0.3 is 0 Å². The number of fused-ring (bicyclic) bond motifs is 1. The lowest BCUT2D eigenvalue weighted by Crippen LogP contribution is -2.27.